The maximum atomic E-state index is 11.8. The van der Waals surface area contributed by atoms with E-state index >= 15 is 0 Å². The zero-order valence-electron chi connectivity index (χ0n) is 10.5. The molecule has 0 atom stereocenters. The molecule has 0 aromatic carbocycles. The highest BCUT2D eigenvalue weighted by molar-refractivity contribution is 7.91. The lowest BCUT2D eigenvalue weighted by Crippen LogP contribution is -2.35. The zero-order chi connectivity index (χ0) is 12.2. The fourth-order valence-corrected chi connectivity index (χ4v) is 3.64. The fourth-order valence-electron chi connectivity index (χ4n) is 2.45. The van der Waals surface area contributed by atoms with Crippen LogP contribution in [-0.4, -0.2) is 26.0 Å². The molecule has 1 aliphatic carbocycles. The van der Waals surface area contributed by atoms with Gasteiger partial charge in [0.2, 0.25) is 0 Å². The molecule has 1 fully saturated rings. The van der Waals surface area contributed by atoms with Gasteiger partial charge in [-0.15, -0.1) is 0 Å². The summed E-state index contributed by atoms with van der Waals surface area (Å²) in [5.74, 6) is 0.307. The Labute approximate surface area is 99.7 Å². The number of hydrogen-bond acceptors (Lipinski definition) is 3. The van der Waals surface area contributed by atoms with Gasteiger partial charge in [-0.2, -0.15) is 0 Å². The molecule has 0 radical (unpaired) electrons. The smallest absolute Gasteiger partial charge is 0.152 e. The predicted molar refractivity (Wildman–Crippen MR) is 68.1 cm³/mol. The van der Waals surface area contributed by atoms with E-state index in [0.717, 1.165) is 19.3 Å². The van der Waals surface area contributed by atoms with Gasteiger partial charge in [0, 0.05) is 0 Å². The van der Waals surface area contributed by atoms with E-state index in [-0.39, 0.29) is 10.7 Å². The molecule has 2 N–H and O–H groups in total. The van der Waals surface area contributed by atoms with Crippen LogP contribution in [0.2, 0.25) is 0 Å². The summed E-state index contributed by atoms with van der Waals surface area (Å²) in [6, 6.07) is 0. The summed E-state index contributed by atoms with van der Waals surface area (Å²) in [7, 11) is -2.90. The van der Waals surface area contributed by atoms with Gasteiger partial charge in [-0.05, 0) is 45.1 Å². The minimum absolute atomic E-state index is 0.111. The highest BCUT2D eigenvalue weighted by Gasteiger charge is 2.32. The third kappa shape index (κ3) is 3.45. The van der Waals surface area contributed by atoms with Crippen molar-refractivity contribution >= 4 is 9.84 Å². The molecule has 1 rings (SSSR count). The number of hydrogen-bond donors (Lipinski definition) is 1. The summed E-state index contributed by atoms with van der Waals surface area (Å²) in [4.78, 5) is 0. The lowest BCUT2D eigenvalue weighted by molar-refractivity contribution is 0.191. The van der Waals surface area contributed by atoms with Crippen LogP contribution in [0.4, 0.5) is 0 Å². The second-order valence-corrected chi connectivity index (χ2v) is 8.11. The van der Waals surface area contributed by atoms with Gasteiger partial charge in [0.15, 0.2) is 9.84 Å². The normalized spacial score (nSPS) is 21.2. The van der Waals surface area contributed by atoms with Crippen molar-refractivity contribution in [3.63, 3.8) is 0 Å². The molecule has 3 nitrogen and oxygen atoms in total. The largest absolute Gasteiger partial charge is 0.330 e. The summed E-state index contributed by atoms with van der Waals surface area (Å²) in [6.07, 6.45) is 6.66. The lowest BCUT2D eigenvalue weighted by atomic mass is 9.72. The van der Waals surface area contributed by atoms with Crippen LogP contribution in [0.5, 0.6) is 0 Å². The standard InChI is InChI=1S/C12H25NO2S/c1-11(2)16(14,15)9-8-12(10-13)6-4-3-5-7-12/h11H,3-10,13H2,1-2H3. The third-order valence-corrected chi connectivity index (χ3v) is 6.19. The number of rotatable bonds is 5. The summed E-state index contributed by atoms with van der Waals surface area (Å²) < 4.78 is 23.6. The Kier molecular flexibility index (Phi) is 4.80. The SMILES string of the molecule is CC(C)S(=O)(=O)CCC1(CN)CCCCC1. The molecule has 0 bridgehead atoms. The van der Waals surface area contributed by atoms with Crippen LogP contribution >= 0.6 is 0 Å². The number of nitrogens with two attached hydrogens (primary N) is 1. The molecule has 0 aromatic heterocycles. The van der Waals surface area contributed by atoms with Gasteiger partial charge in [-0.25, -0.2) is 8.42 Å². The Balaban J connectivity index is 2.58. The van der Waals surface area contributed by atoms with E-state index in [9.17, 15) is 8.42 Å². The molecule has 0 spiro atoms. The Morgan fingerprint density at radius 1 is 1.19 bits per heavy atom. The molecule has 0 heterocycles. The topological polar surface area (TPSA) is 60.2 Å². The summed E-state index contributed by atoms with van der Waals surface area (Å²) in [5.41, 5.74) is 5.96. The van der Waals surface area contributed by atoms with Crippen molar-refractivity contribution in [3.8, 4) is 0 Å². The Bertz CT molecular complexity index is 303. The minimum atomic E-state index is -2.90. The minimum Gasteiger partial charge on any atom is -0.330 e. The molecule has 16 heavy (non-hydrogen) atoms. The molecular weight excluding hydrogens is 222 g/mol. The molecule has 1 aliphatic rings. The van der Waals surface area contributed by atoms with Crippen LogP contribution in [0, 0.1) is 5.41 Å². The number of sulfone groups is 1. The van der Waals surface area contributed by atoms with Crippen molar-refractivity contribution in [2.45, 2.75) is 57.6 Å². The van der Waals surface area contributed by atoms with Gasteiger partial charge in [0.1, 0.15) is 0 Å². The van der Waals surface area contributed by atoms with Crippen molar-refractivity contribution in [3.05, 3.63) is 0 Å². The molecule has 4 heteroatoms. The van der Waals surface area contributed by atoms with E-state index < -0.39 is 9.84 Å². The van der Waals surface area contributed by atoms with Gasteiger partial charge in [0.05, 0.1) is 11.0 Å². The van der Waals surface area contributed by atoms with Crippen LogP contribution in [0.3, 0.4) is 0 Å². The molecule has 0 amide bonds. The molecule has 1 saturated carbocycles. The monoisotopic (exact) mass is 247 g/mol. The first-order valence-electron chi connectivity index (χ1n) is 6.33. The molecule has 0 aromatic rings. The van der Waals surface area contributed by atoms with Gasteiger partial charge in [-0.1, -0.05) is 19.3 Å². The first kappa shape index (κ1) is 14.0. The van der Waals surface area contributed by atoms with Gasteiger partial charge in [-0.3, -0.25) is 0 Å². The highest BCUT2D eigenvalue weighted by atomic mass is 32.2. The van der Waals surface area contributed by atoms with E-state index in [0.29, 0.717) is 12.3 Å². The second-order valence-electron chi connectivity index (χ2n) is 5.43. The molecule has 0 saturated heterocycles. The molecule has 0 unspecified atom stereocenters. The average molecular weight is 247 g/mol. The summed E-state index contributed by atoms with van der Waals surface area (Å²) in [6.45, 7) is 4.15. The third-order valence-electron chi connectivity index (χ3n) is 3.98. The van der Waals surface area contributed by atoms with E-state index in [1.165, 1.54) is 19.3 Å². The van der Waals surface area contributed by atoms with Crippen LogP contribution in [0.25, 0.3) is 0 Å². The van der Waals surface area contributed by atoms with Gasteiger partial charge < -0.3 is 5.73 Å². The lowest BCUT2D eigenvalue weighted by Gasteiger charge is -2.36. The van der Waals surface area contributed by atoms with E-state index in [4.69, 9.17) is 5.73 Å². The highest BCUT2D eigenvalue weighted by Crippen LogP contribution is 2.38. The molecule has 96 valence electrons. The summed E-state index contributed by atoms with van der Waals surface area (Å²) >= 11 is 0. The Hall–Kier alpha value is -0.0900. The van der Waals surface area contributed by atoms with Gasteiger partial charge >= 0.3 is 0 Å². The maximum absolute atomic E-state index is 11.8. The van der Waals surface area contributed by atoms with E-state index in [1.807, 2.05) is 0 Å². The van der Waals surface area contributed by atoms with Crippen LogP contribution < -0.4 is 5.73 Å². The maximum Gasteiger partial charge on any atom is 0.152 e. The van der Waals surface area contributed by atoms with Gasteiger partial charge in [0.25, 0.3) is 0 Å². The van der Waals surface area contributed by atoms with Crippen molar-refractivity contribution in [2.24, 2.45) is 11.1 Å². The van der Waals surface area contributed by atoms with E-state index in [1.54, 1.807) is 13.8 Å². The van der Waals surface area contributed by atoms with Crippen LogP contribution in [0.1, 0.15) is 52.4 Å². The second kappa shape index (κ2) is 5.50. The van der Waals surface area contributed by atoms with Crippen LogP contribution in [-0.2, 0) is 9.84 Å². The van der Waals surface area contributed by atoms with Crippen molar-refractivity contribution in [1.29, 1.82) is 0 Å². The Morgan fingerprint density at radius 3 is 2.19 bits per heavy atom. The Morgan fingerprint density at radius 2 is 1.75 bits per heavy atom. The first-order valence-corrected chi connectivity index (χ1v) is 8.05. The predicted octanol–water partition coefficient (Wildman–Crippen LogP) is 2.11. The quantitative estimate of drug-likeness (QED) is 0.809. The zero-order valence-corrected chi connectivity index (χ0v) is 11.4. The summed E-state index contributed by atoms with van der Waals surface area (Å²) in [5, 5.41) is -0.258. The van der Waals surface area contributed by atoms with Crippen molar-refractivity contribution < 1.29 is 8.42 Å². The fraction of sp³-hybridized carbons (Fsp3) is 1.00. The molecular formula is C12H25NO2S. The average Bonchev–Trinajstić information content (AvgIpc) is 2.28. The van der Waals surface area contributed by atoms with Crippen molar-refractivity contribution in [2.75, 3.05) is 12.3 Å². The molecule has 0 aliphatic heterocycles. The van der Waals surface area contributed by atoms with E-state index in [2.05, 4.69) is 0 Å². The van der Waals surface area contributed by atoms with Crippen molar-refractivity contribution in [1.82, 2.24) is 0 Å². The first-order chi connectivity index (χ1) is 7.42. The van der Waals surface area contributed by atoms with Crippen LogP contribution in [0.15, 0.2) is 0 Å².